The van der Waals surface area contributed by atoms with E-state index in [1.165, 1.54) is 0 Å². The number of aromatic nitrogens is 2. The number of fused-ring (bicyclic) bond motifs is 1. The van der Waals surface area contributed by atoms with Crippen molar-refractivity contribution in [2.24, 2.45) is 0 Å². The number of methoxy groups -OCH3 is 1. The van der Waals surface area contributed by atoms with Gasteiger partial charge in [-0.05, 0) is 15.9 Å². The molecule has 4 nitrogen and oxygen atoms in total. The summed E-state index contributed by atoms with van der Waals surface area (Å²) >= 11 is 3.26. The standard InChI is InChI=1S/C9H11BrN2O2/c1-13-8-6-2-4-14-5-3-7(6)11-9(10)12-8/h2-5H2,1H3. The second-order valence-electron chi connectivity index (χ2n) is 3.04. The Kier molecular flexibility index (Phi) is 2.98. The first kappa shape index (κ1) is 9.86. The molecule has 0 saturated heterocycles. The molecule has 0 radical (unpaired) electrons. The molecular weight excluding hydrogens is 248 g/mol. The molecule has 2 rings (SSSR count). The molecule has 1 aromatic heterocycles. The molecule has 0 aromatic carbocycles. The Morgan fingerprint density at radius 3 is 2.86 bits per heavy atom. The van der Waals surface area contributed by atoms with Crippen LogP contribution < -0.4 is 4.74 Å². The van der Waals surface area contributed by atoms with Gasteiger partial charge in [-0.1, -0.05) is 0 Å². The SMILES string of the molecule is COc1nc(Br)nc2c1CCOCC2. The normalized spacial score (nSPS) is 15.9. The molecule has 0 atom stereocenters. The van der Waals surface area contributed by atoms with Crippen LogP contribution in [0.5, 0.6) is 5.88 Å². The van der Waals surface area contributed by atoms with Gasteiger partial charge in [-0.3, -0.25) is 0 Å². The van der Waals surface area contributed by atoms with E-state index in [1.54, 1.807) is 7.11 Å². The van der Waals surface area contributed by atoms with Gasteiger partial charge in [0.15, 0.2) is 4.73 Å². The smallest absolute Gasteiger partial charge is 0.220 e. The maximum Gasteiger partial charge on any atom is 0.220 e. The molecule has 0 aliphatic carbocycles. The largest absolute Gasteiger partial charge is 0.481 e. The minimum absolute atomic E-state index is 0.579. The zero-order valence-electron chi connectivity index (χ0n) is 7.92. The van der Waals surface area contributed by atoms with Crippen LogP contribution >= 0.6 is 15.9 Å². The summed E-state index contributed by atoms with van der Waals surface area (Å²) in [6, 6.07) is 0. The zero-order valence-corrected chi connectivity index (χ0v) is 9.50. The predicted octanol–water partition coefficient (Wildman–Crippen LogP) is 1.36. The van der Waals surface area contributed by atoms with Gasteiger partial charge in [-0.15, -0.1) is 0 Å². The molecule has 76 valence electrons. The number of hydrogen-bond donors (Lipinski definition) is 0. The second kappa shape index (κ2) is 4.23. The molecule has 0 unspecified atom stereocenters. The van der Waals surface area contributed by atoms with Crippen LogP contribution in [0.15, 0.2) is 4.73 Å². The Hall–Kier alpha value is -0.680. The number of halogens is 1. The van der Waals surface area contributed by atoms with Crippen molar-refractivity contribution in [3.05, 3.63) is 16.0 Å². The maximum absolute atomic E-state index is 5.38. The highest BCUT2D eigenvalue weighted by Crippen LogP contribution is 2.23. The van der Waals surface area contributed by atoms with E-state index in [0.29, 0.717) is 17.2 Å². The number of hydrogen-bond acceptors (Lipinski definition) is 4. The van der Waals surface area contributed by atoms with E-state index in [2.05, 4.69) is 25.9 Å². The first-order valence-electron chi connectivity index (χ1n) is 4.48. The van der Waals surface area contributed by atoms with Crippen LogP contribution in [0.25, 0.3) is 0 Å². The van der Waals surface area contributed by atoms with Gasteiger partial charge in [0.1, 0.15) is 0 Å². The van der Waals surface area contributed by atoms with Gasteiger partial charge in [0, 0.05) is 18.4 Å². The van der Waals surface area contributed by atoms with Gasteiger partial charge < -0.3 is 9.47 Å². The molecule has 0 amide bonds. The highest BCUT2D eigenvalue weighted by molar-refractivity contribution is 9.10. The summed E-state index contributed by atoms with van der Waals surface area (Å²) in [5.41, 5.74) is 2.11. The van der Waals surface area contributed by atoms with Crippen molar-refractivity contribution in [2.45, 2.75) is 12.8 Å². The third-order valence-corrected chi connectivity index (χ3v) is 2.56. The van der Waals surface area contributed by atoms with Crippen molar-refractivity contribution in [3.63, 3.8) is 0 Å². The second-order valence-corrected chi connectivity index (χ2v) is 3.75. The van der Waals surface area contributed by atoms with Crippen LogP contribution in [0.2, 0.25) is 0 Å². The number of ether oxygens (including phenoxy) is 2. The fourth-order valence-electron chi connectivity index (χ4n) is 1.55. The van der Waals surface area contributed by atoms with Crippen LogP contribution in [0.1, 0.15) is 11.3 Å². The van der Waals surface area contributed by atoms with Gasteiger partial charge in [0.25, 0.3) is 0 Å². The number of nitrogens with zero attached hydrogens (tertiary/aromatic N) is 2. The highest BCUT2D eigenvalue weighted by Gasteiger charge is 2.16. The summed E-state index contributed by atoms with van der Waals surface area (Å²) in [6.07, 6.45) is 1.65. The highest BCUT2D eigenvalue weighted by atomic mass is 79.9. The quantitative estimate of drug-likeness (QED) is 0.714. The lowest BCUT2D eigenvalue weighted by molar-refractivity contribution is 0.146. The molecule has 1 aliphatic rings. The zero-order chi connectivity index (χ0) is 9.97. The van der Waals surface area contributed by atoms with Crippen molar-refractivity contribution in [1.29, 1.82) is 0 Å². The monoisotopic (exact) mass is 258 g/mol. The lowest BCUT2D eigenvalue weighted by Crippen LogP contribution is -2.04. The van der Waals surface area contributed by atoms with Gasteiger partial charge in [0.2, 0.25) is 5.88 Å². The molecule has 14 heavy (non-hydrogen) atoms. The predicted molar refractivity (Wildman–Crippen MR) is 54.5 cm³/mol. The summed E-state index contributed by atoms with van der Waals surface area (Å²) in [5, 5.41) is 0. The molecule has 0 N–H and O–H groups in total. The lowest BCUT2D eigenvalue weighted by Gasteiger charge is -2.08. The molecule has 5 heteroatoms. The van der Waals surface area contributed by atoms with Crippen LogP contribution in [0.4, 0.5) is 0 Å². The third kappa shape index (κ3) is 1.88. The summed E-state index contributed by atoms with van der Waals surface area (Å²) in [5.74, 6) is 0.660. The van der Waals surface area contributed by atoms with Crippen molar-refractivity contribution < 1.29 is 9.47 Å². The van der Waals surface area contributed by atoms with E-state index in [-0.39, 0.29) is 0 Å². The third-order valence-electron chi connectivity index (χ3n) is 2.20. The van der Waals surface area contributed by atoms with Crippen molar-refractivity contribution >= 4 is 15.9 Å². The Labute approximate surface area is 90.8 Å². The molecule has 0 bridgehead atoms. The van der Waals surface area contributed by atoms with Gasteiger partial charge in [-0.25, -0.2) is 4.98 Å². The first-order chi connectivity index (χ1) is 6.81. The van der Waals surface area contributed by atoms with Crippen LogP contribution in [-0.2, 0) is 17.6 Å². The molecule has 0 spiro atoms. The minimum atomic E-state index is 0.579. The number of rotatable bonds is 1. The van der Waals surface area contributed by atoms with Crippen LogP contribution in [0.3, 0.4) is 0 Å². The maximum atomic E-state index is 5.38. The average Bonchev–Trinajstić information content (AvgIpc) is 2.41. The summed E-state index contributed by atoms with van der Waals surface area (Å²) in [7, 11) is 1.63. The summed E-state index contributed by atoms with van der Waals surface area (Å²) in [4.78, 5) is 8.50. The molecule has 0 saturated carbocycles. The van der Waals surface area contributed by atoms with E-state index in [0.717, 1.165) is 30.7 Å². The Balaban J connectivity index is 2.46. The van der Waals surface area contributed by atoms with Gasteiger partial charge in [-0.2, -0.15) is 4.98 Å². The van der Waals surface area contributed by atoms with E-state index in [4.69, 9.17) is 9.47 Å². The first-order valence-corrected chi connectivity index (χ1v) is 5.27. The molecular formula is C9H11BrN2O2. The fourth-order valence-corrected chi connectivity index (χ4v) is 1.93. The summed E-state index contributed by atoms with van der Waals surface area (Å²) in [6.45, 7) is 1.44. The van der Waals surface area contributed by atoms with Gasteiger partial charge in [0.05, 0.1) is 26.0 Å². The van der Waals surface area contributed by atoms with E-state index >= 15 is 0 Å². The molecule has 1 aliphatic heterocycles. The van der Waals surface area contributed by atoms with Gasteiger partial charge >= 0.3 is 0 Å². The van der Waals surface area contributed by atoms with Crippen LogP contribution in [0, 0.1) is 0 Å². The van der Waals surface area contributed by atoms with E-state index < -0.39 is 0 Å². The average molecular weight is 259 g/mol. The topological polar surface area (TPSA) is 44.2 Å². The van der Waals surface area contributed by atoms with Crippen LogP contribution in [-0.4, -0.2) is 30.3 Å². The molecule has 1 aromatic rings. The van der Waals surface area contributed by atoms with Crippen molar-refractivity contribution in [3.8, 4) is 5.88 Å². The van der Waals surface area contributed by atoms with Crippen molar-refractivity contribution in [1.82, 2.24) is 9.97 Å². The minimum Gasteiger partial charge on any atom is -0.481 e. The molecule has 0 fully saturated rings. The lowest BCUT2D eigenvalue weighted by atomic mass is 10.1. The Morgan fingerprint density at radius 1 is 1.29 bits per heavy atom. The van der Waals surface area contributed by atoms with E-state index in [9.17, 15) is 0 Å². The fraction of sp³-hybridized carbons (Fsp3) is 0.556. The van der Waals surface area contributed by atoms with E-state index in [1.807, 2.05) is 0 Å². The Morgan fingerprint density at radius 2 is 2.07 bits per heavy atom. The molecule has 2 heterocycles. The van der Waals surface area contributed by atoms with Crippen molar-refractivity contribution in [2.75, 3.05) is 20.3 Å². The summed E-state index contributed by atoms with van der Waals surface area (Å²) < 4.78 is 11.2. The Bertz CT molecular complexity index is 344.